The van der Waals surface area contributed by atoms with Gasteiger partial charge in [0.1, 0.15) is 5.82 Å². The molecular formula is C24H21FN6O. The molecule has 32 heavy (non-hydrogen) atoms. The van der Waals surface area contributed by atoms with Crippen molar-refractivity contribution in [1.29, 1.82) is 0 Å². The van der Waals surface area contributed by atoms with Crippen molar-refractivity contribution in [2.45, 2.75) is 25.3 Å². The Hall–Kier alpha value is -3.94. The molecule has 4 aromatic rings. The Morgan fingerprint density at radius 3 is 2.84 bits per heavy atom. The summed E-state index contributed by atoms with van der Waals surface area (Å²) in [7, 11) is 0. The molecule has 1 aromatic carbocycles. The summed E-state index contributed by atoms with van der Waals surface area (Å²) in [5, 5.41) is 4.16. The van der Waals surface area contributed by atoms with Gasteiger partial charge in [-0.3, -0.25) is 14.8 Å². The molecule has 1 saturated heterocycles. The Morgan fingerprint density at radius 2 is 2.06 bits per heavy atom. The average molecular weight is 428 g/mol. The summed E-state index contributed by atoms with van der Waals surface area (Å²) in [5.74, 6) is 0.302. The fourth-order valence-corrected chi connectivity index (χ4v) is 4.06. The maximum Gasteiger partial charge on any atom is 0.255 e. The lowest BCUT2D eigenvalue weighted by Crippen LogP contribution is -2.31. The summed E-state index contributed by atoms with van der Waals surface area (Å²) < 4.78 is 15.2. The monoisotopic (exact) mass is 428 g/mol. The van der Waals surface area contributed by atoms with Gasteiger partial charge in [-0.1, -0.05) is 12.1 Å². The lowest BCUT2D eigenvalue weighted by Gasteiger charge is -2.24. The number of likely N-dealkylation sites (tertiary alicyclic amines) is 1. The van der Waals surface area contributed by atoms with Gasteiger partial charge in [0.25, 0.3) is 5.91 Å². The minimum atomic E-state index is -0.272. The highest BCUT2D eigenvalue weighted by molar-refractivity contribution is 5.94. The molecule has 1 aliphatic rings. The molecule has 3 aromatic heterocycles. The molecule has 0 saturated carbocycles. The third-order valence-electron chi connectivity index (χ3n) is 5.57. The molecule has 4 heterocycles. The van der Waals surface area contributed by atoms with Crippen LogP contribution in [0.1, 0.15) is 46.2 Å². The van der Waals surface area contributed by atoms with Gasteiger partial charge in [0.05, 0.1) is 29.2 Å². The molecule has 1 fully saturated rings. The standard InChI is InChI=1S/C24H21FN6O/c25-19-5-1-4-17(12-19)13-20-15-26-16-21(29-20)22-6-2-10-30(22)24(32)18-7-8-23(27-14-18)31-11-3-9-28-31/h1,3-5,7-9,11-12,14-16,22H,2,6,10,13H2. The maximum atomic E-state index is 13.5. The van der Waals surface area contributed by atoms with Gasteiger partial charge >= 0.3 is 0 Å². The number of carbonyl (C=O) groups excluding carboxylic acids is 1. The highest BCUT2D eigenvalue weighted by atomic mass is 19.1. The highest BCUT2D eigenvalue weighted by Gasteiger charge is 2.32. The van der Waals surface area contributed by atoms with Gasteiger partial charge in [-0.25, -0.2) is 14.1 Å². The van der Waals surface area contributed by atoms with E-state index in [1.807, 2.05) is 17.0 Å². The van der Waals surface area contributed by atoms with Crippen LogP contribution in [0.3, 0.4) is 0 Å². The Labute approximate surface area is 184 Å². The van der Waals surface area contributed by atoms with Crippen molar-refractivity contribution >= 4 is 5.91 Å². The summed E-state index contributed by atoms with van der Waals surface area (Å²) >= 11 is 0. The van der Waals surface area contributed by atoms with Crippen LogP contribution in [0.25, 0.3) is 5.82 Å². The summed E-state index contributed by atoms with van der Waals surface area (Å²) in [5.41, 5.74) is 2.86. The summed E-state index contributed by atoms with van der Waals surface area (Å²) in [4.78, 5) is 28.5. The Morgan fingerprint density at radius 1 is 1.12 bits per heavy atom. The zero-order valence-electron chi connectivity index (χ0n) is 17.3. The SMILES string of the molecule is O=C(c1ccc(-n2cccn2)nc1)N1CCCC1c1cncc(Cc2cccc(F)c2)n1. The van der Waals surface area contributed by atoms with Gasteiger partial charge in [-0.15, -0.1) is 0 Å². The van der Waals surface area contributed by atoms with Crippen LogP contribution in [0, 0.1) is 5.82 Å². The normalized spacial score (nSPS) is 15.8. The molecule has 1 unspecified atom stereocenters. The van der Waals surface area contributed by atoms with E-state index >= 15 is 0 Å². The first-order valence-electron chi connectivity index (χ1n) is 10.5. The van der Waals surface area contributed by atoms with Crippen LogP contribution < -0.4 is 0 Å². The number of hydrogen-bond acceptors (Lipinski definition) is 5. The third kappa shape index (κ3) is 4.12. The largest absolute Gasteiger partial charge is 0.330 e. The Balaban J connectivity index is 1.34. The van der Waals surface area contributed by atoms with Crippen molar-refractivity contribution in [2.75, 3.05) is 6.54 Å². The van der Waals surface area contributed by atoms with Crippen LogP contribution in [-0.2, 0) is 6.42 Å². The number of carbonyl (C=O) groups is 1. The van der Waals surface area contributed by atoms with E-state index < -0.39 is 0 Å². The van der Waals surface area contributed by atoms with Crippen LogP contribution in [-0.4, -0.2) is 42.1 Å². The molecule has 7 nitrogen and oxygen atoms in total. The Bertz CT molecular complexity index is 1230. The van der Waals surface area contributed by atoms with Gasteiger partial charge in [-0.2, -0.15) is 5.10 Å². The Kier molecular flexibility index (Phi) is 5.41. The fourth-order valence-electron chi connectivity index (χ4n) is 4.06. The zero-order valence-corrected chi connectivity index (χ0v) is 17.3. The van der Waals surface area contributed by atoms with Gasteiger partial charge in [-0.05, 0) is 48.7 Å². The van der Waals surface area contributed by atoms with Crippen LogP contribution >= 0.6 is 0 Å². The second-order valence-electron chi connectivity index (χ2n) is 7.75. The molecular weight excluding hydrogens is 407 g/mol. The van der Waals surface area contributed by atoms with Crippen LogP contribution in [0.4, 0.5) is 4.39 Å². The number of hydrogen-bond donors (Lipinski definition) is 0. The number of benzene rings is 1. The van der Waals surface area contributed by atoms with Gasteiger partial charge < -0.3 is 4.90 Å². The molecule has 0 spiro atoms. The van der Waals surface area contributed by atoms with E-state index in [-0.39, 0.29) is 17.8 Å². The topological polar surface area (TPSA) is 76.8 Å². The lowest BCUT2D eigenvalue weighted by molar-refractivity contribution is 0.0732. The van der Waals surface area contributed by atoms with E-state index in [9.17, 15) is 9.18 Å². The quantitative estimate of drug-likeness (QED) is 0.484. The molecule has 0 radical (unpaired) electrons. The van der Waals surface area contributed by atoms with Crippen LogP contribution in [0.2, 0.25) is 0 Å². The summed E-state index contributed by atoms with van der Waals surface area (Å²) in [6.07, 6.45) is 10.7. The van der Waals surface area contributed by atoms with Crippen molar-refractivity contribution in [2.24, 2.45) is 0 Å². The fraction of sp³-hybridized carbons (Fsp3) is 0.208. The highest BCUT2D eigenvalue weighted by Crippen LogP contribution is 2.32. The third-order valence-corrected chi connectivity index (χ3v) is 5.57. The van der Waals surface area contributed by atoms with Gasteiger partial charge in [0, 0.05) is 37.8 Å². The van der Waals surface area contributed by atoms with Gasteiger partial charge in [0.2, 0.25) is 0 Å². The van der Waals surface area contributed by atoms with Crippen LogP contribution in [0.15, 0.2) is 73.4 Å². The molecule has 1 amide bonds. The van der Waals surface area contributed by atoms with E-state index in [1.165, 1.54) is 12.1 Å². The number of amides is 1. The second-order valence-corrected chi connectivity index (χ2v) is 7.75. The van der Waals surface area contributed by atoms with E-state index in [2.05, 4.69) is 15.1 Å². The molecule has 1 atom stereocenters. The summed E-state index contributed by atoms with van der Waals surface area (Å²) in [6, 6.07) is 11.7. The molecule has 0 N–H and O–H groups in total. The van der Waals surface area contributed by atoms with Crippen molar-refractivity contribution in [3.63, 3.8) is 0 Å². The summed E-state index contributed by atoms with van der Waals surface area (Å²) in [6.45, 7) is 0.653. The van der Waals surface area contributed by atoms with E-state index in [0.29, 0.717) is 24.3 Å². The van der Waals surface area contributed by atoms with Crippen molar-refractivity contribution in [1.82, 2.24) is 29.6 Å². The van der Waals surface area contributed by atoms with Gasteiger partial charge in [0.15, 0.2) is 5.82 Å². The number of pyridine rings is 1. The number of nitrogens with zero attached hydrogens (tertiary/aromatic N) is 6. The number of aromatic nitrogens is 5. The maximum absolute atomic E-state index is 13.5. The molecule has 5 rings (SSSR count). The van der Waals surface area contributed by atoms with E-state index in [0.717, 1.165) is 29.8 Å². The zero-order chi connectivity index (χ0) is 21.9. The minimum absolute atomic E-state index is 0.0793. The molecule has 160 valence electrons. The van der Waals surface area contributed by atoms with Crippen molar-refractivity contribution < 1.29 is 9.18 Å². The number of rotatable bonds is 5. The predicted molar refractivity (Wildman–Crippen MR) is 116 cm³/mol. The minimum Gasteiger partial charge on any atom is -0.330 e. The molecule has 0 bridgehead atoms. The second kappa shape index (κ2) is 8.66. The lowest BCUT2D eigenvalue weighted by atomic mass is 10.1. The first-order valence-corrected chi connectivity index (χ1v) is 10.5. The first-order chi connectivity index (χ1) is 15.7. The van der Waals surface area contributed by atoms with Crippen molar-refractivity contribution in [3.05, 3.63) is 102 Å². The smallest absolute Gasteiger partial charge is 0.255 e. The average Bonchev–Trinajstić information content (AvgIpc) is 3.52. The van der Waals surface area contributed by atoms with Crippen molar-refractivity contribution in [3.8, 4) is 5.82 Å². The first kappa shape index (κ1) is 20.0. The molecule has 1 aliphatic heterocycles. The predicted octanol–water partition coefficient (Wildman–Crippen LogP) is 3.76. The van der Waals surface area contributed by atoms with E-state index in [4.69, 9.17) is 4.98 Å². The molecule has 0 aliphatic carbocycles. The molecule has 8 heteroatoms. The number of halogens is 1. The van der Waals surface area contributed by atoms with Crippen LogP contribution in [0.5, 0.6) is 0 Å². The van der Waals surface area contributed by atoms with E-state index in [1.54, 1.807) is 53.9 Å².